The second-order valence-electron chi connectivity index (χ2n) is 7.96. The van der Waals surface area contributed by atoms with Crippen LogP contribution in [0.3, 0.4) is 0 Å². The number of aromatic nitrogens is 2. The molecule has 0 spiro atoms. The van der Waals surface area contributed by atoms with Gasteiger partial charge in [0.15, 0.2) is 5.82 Å². The third-order valence-electron chi connectivity index (χ3n) is 5.17. The van der Waals surface area contributed by atoms with Gasteiger partial charge in [0.25, 0.3) is 0 Å². The van der Waals surface area contributed by atoms with Crippen molar-refractivity contribution in [3.8, 4) is 0 Å². The van der Waals surface area contributed by atoms with Gasteiger partial charge >= 0.3 is 0 Å². The number of benzene rings is 1. The molecule has 1 aliphatic heterocycles. The number of hydrogen-bond donors (Lipinski definition) is 2. The number of sulfonamides is 1. The van der Waals surface area contributed by atoms with Crippen molar-refractivity contribution in [2.45, 2.75) is 63.4 Å². The molecule has 10 heteroatoms. The normalized spacial score (nSPS) is 17.2. The highest BCUT2D eigenvalue weighted by Crippen LogP contribution is 2.27. The molecule has 0 radical (unpaired) electrons. The van der Waals surface area contributed by atoms with Crippen LogP contribution in [-0.4, -0.2) is 54.5 Å². The van der Waals surface area contributed by atoms with Crippen LogP contribution >= 0.6 is 0 Å². The molecule has 2 aromatic rings. The van der Waals surface area contributed by atoms with Gasteiger partial charge < -0.3 is 9.84 Å². The number of amides is 1. The zero-order chi connectivity index (χ0) is 21.9. The maximum absolute atomic E-state index is 12.7. The predicted molar refractivity (Wildman–Crippen MR) is 113 cm³/mol. The van der Waals surface area contributed by atoms with Crippen LogP contribution in [0.4, 0.5) is 5.69 Å². The smallest absolute Gasteiger partial charge is 0.241 e. The first-order chi connectivity index (χ1) is 14.2. The van der Waals surface area contributed by atoms with Gasteiger partial charge in [0.1, 0.15) is 0 Å². The van der Waals surface area contributed by atoms with Gasteiger partial charge in [-0.15, -0.1) is 0 Å². The number of anilines is 1. The summed E-state index contributed by atoms with van der Waals surface area (Å²) >= 11 is 0. The number of nitrogens with zero attached hydrogens (tertiary/aromatic N) is 3. The fourth-order valence-corrected chi connectivity index (χ4v) is 4.77. The number of carbonyl (C=O) groups is 1. The Morgan fingerprint density at radius 2 is 1.80 bits per heavy atom. The number of aryl methyl sites for hydroxylation is 1. The predicted octanol–water partition coefficient (Wildman–Crippen LogP) is 2.27. The standard InChI is InChI=1S/C20H29N5O4S/c1-13(2)24-30(27,28)18-7-5-17(6-8-18)22-19(26)14(3)25-11-9-16(10-12-25)20-21-15(4)23-29-20/h5-8,13-14,16,24H,9-12H2,1-4H3,(H,22,26)/t14-/m0/s1. The molecule has 2 N–H and O–H groups in total. The van der Waals surface area contributed by atoms with Crippen molar-refractivity contribution in [1.82, 2.24) is 19.8 Å². The van der Waals surface area contributed by atoms with Crippen LogP contribution < -0.4 is 10.0 Å². The lowest BCUT2D eigenvalue weighted by atomic mass is 9.95. The molecule has 164 valence electrons. The van der Waals surface area contributed by atoms with Crippen molar-refractivity contribution < 1.29 is 17.7 Å². The van der Waals surface area contributed by atoms with E-state index >= 15 is 0 Å². The molecular formula is C20H29N5O4S. The third-order valence-corrected chi connectivity index (χ3v) is 6.85. The van der Waals surface area contributed by atoms with Crippen LogP contribution in [0.2, 0.25) is 0 Å². The molecule has 2 heterocycles. The Balaban J connectivity index is 1.54. The molecule has 3 rings (SSSR count). The fraction of sp³-hybridized carbons (Fsp3) is 0.550. The van der Waals surface area contributed by atoms with Crippen LogP contribution in [0, 0.1) is 6.92 Å². The second kappa shape index (κ2) is 9.23. The van der Waals surface area contributed by atoms with Crippen LogP contribution in [0.1, 0.15) is 51.2 Å². The minimum atomic E-state index is -3.55. The number of piperidine rings is 1. The number of rotatable bonds is 7. The van der Waals surface area contributed by atoms with Crippen molar-refractivity contribution in [2.75, 3.05) is 18.4 Å². The molecule has 1 saturated heterocycles. The average molecular weight is 436 g/mol. The summed E-state index contributed by atoms with van der Waals surface area (Å²) in [6, 6.07) is 5.68. The minimum Gasteiger partial charge on any atom is -0.339 e. The number of likely N-dealkylation sites (tertiary alicyclic amines) is 1. The molecule has 0 bridgehead atoms. The monoisotopic (exact) mass is 435 g/mol. The van der Waals surface area contributed by atoms with E-state index in [9.17, 15) is 13.2 Å². The Labute approximate surface area is 177 Å². The van der Waals surface area contributed by atoms with E-state index in [1.54, 1.807) is 32.9 Å². The van der Waals surface area contributed by atoms with Crippen molar-refractivity contribution in [3.05, 3.63) is 36.0 Å². The molecule has 1 aromatic carbocycles. The first-order valence-corrected chi connectivity index (χ1v) is 11.6. The van der Waals surface area contributed by atoms with E-state index in [-0.39, 0.29) is 28.8 Å². The Bertz CT molecular complexity index is 963. The molecule has 1 atom stereocenters. The summed E-state index contributed by atoms with van der Waals surface area (Å²) in [6.45, 7) is 8.73. The van der Waals surface area contributed by atoms with Gasteiger partial charge in [0.05, 0.1) is 10.9 Å². The molecule has 1 aliphatic rings. The zero-order valence-electron chi connectivity index (χ0n) is 17.8. The molecule has 0 unspecified atom stereocenters. The van der Waals surface area contributed by atoms with Gasteiger partial charge in [0.2, 0.25) is 21.8 Å². The highest BCUT2D eigenvalue weighted by molar-refractivity contribution is 7.89. The van der Waals surface area contributed by atoms with Gasteiger partial charge in [-0.1, -0.05) is 5.16 Å². The van der Waals surface area contributed by atoms with Crippen molar-refractivity contribution in [3.63, 3.8) is 0 Å². The van der Waals surface area contributed by atoms with Crippen molar-refractivity contribution in [1.29, 1.82) is 0 Å². The number of carbonyl (C=O) groups excluding carboxylic acids is 1. The van der Waals surface area contributed by atoms with E-state index in [0.717, 1.165) is 25.9 Å². The molecule has 9 nitrogen and oxygen atoms in total. The fourth-order valence-electron chi connectivity index (χ4n) is 3.52. The van der Waals surface area contributed by atoms with E-state index in [1.807, 2.05) is 6.92 Å². The number of nitrogens with one attached hydrogen (secondary N) is 2. The van der Waals surface area contributed by atoms with Gasteiger partial charge in [-0.25, -0.2) is 13.1 Å². The van der Waals surface area contributed by atoms with Crippen LogP contribution in [0.5, 0.6) is 0 Å². The Morgan fingerprint density at radius 3 is 2.33 bits per heavy atom. The van der Waals surface area contributed by atoms with Gasteiger partial charge in [0, 0.05) is 17.6 Å². The maximum atomic E-state index is 12.7. The Kier molecular flexibility index (Phi) is 6.89. The average Bonchev–Trinajstić information content (AvgIpc) is 3.13. The lowest BCUT2D eigenvalue weighted by Gasteiger charge is -2.34. The lowest BCUT2D eigenvalue weighted by molar-refractivity contribution is -0.121. The highest BCUT2D eigenvalue weighted by Gasteiger charge is 2.29. The summed E-state index contributed by atoms with van der Waals surface area (Å²) in [5, 5.41) is 6.72. The summed E-state index contributed by atoms with van der Waals surface area (Å²) in [5.41, 5.74) is 0.562. The van der Waals surface area contributed by atoms with E-state index in [4.69, 9.17) is 4.52 Å². The summed E-state index contributed by atoms with van der Waals surface area (Å²) in [5.74, 6) is 1.41. The quantitative estimate of drug-likeness (QED) is 0.685. The second-order valence-corrected chi connectivity index (χ2v) is 9.67. The molecule has 1 amide bonds. The third kappa shape index (κ3) is 5.44. The Morgan fingerprint density at radius 1 is 1.17 bits per heavy atom. The molecule has 30 heavy (non-hydrogen) atoms. The van der Waals surface area contributed by atoms with E-state index < -0.39 is 10.0 Å². The number of hydrogen-bond acceptors (Lipinski definition) is 7. The molecule has 1 aromatic heterocycles. The van der Waals surface area contributed by atoms with Crippen LogP contribution in [-0.2, 0) is 14.8 Å². The topological polar surface area (TPSA) is 117 Å². The largest absolute Gasteiger partial charge is 0.339 e. The van der Waals surface area contributed by atoms with Crippen LogP contribution in [0.15, 0.2) is 33.7 Å². The van der Waals surface area contributed by atoms with Gasteiger partial charge in [-0.3, -0.25) is 9.69 Å². The summed E-state index contributed by atoms with van der Waals surface area (Å²) in [6.07, 6.45) is 1.71. The summed E-state index contributed by atoms with van der Waals surface area (Å²) in [4.78, 5) is 19.3. The molecule has 0 aliphatic carbocycles. The van der Waals surface area contributed by atoms with Crippen molar-refractivity contribution >= 4 is 21.6 Å². The first-order valence-electron chi connectivity index (χ1n) is 10.1. The van der Waals surface area contributed by atoms with E-state index in [0.29, 0.717) is 17.4 Å². The SMILES string of the molecule is Cc1noc(C2CCN([C@@H](C)C(=O)Nc3ccc(S(=O)(=O)NC(C)C)cc3)CC2)n1. The molecular weight excluding hydrogens is 406 g/mol. The zero-order valence-corrected chi connectivity index (χ0v) is 18.6. The van der Waals surface area contributed by atoms with Crippen LogP contribution in [0.25, 0.3) is 0 Å². The van der Waals surface area contributed by atoms with Crippen molar-refractivity contribution in [2.24, 2.45) is 0 Å². The first kappa shape index (κ1) is 22.4. The highest BCUT2D eigenvalue weighted by atomic mass is 32.2. The minimum absolute atomic E-state index is 0.127. The summed E-state index contributed by atoms with van der Waals surface area (Å²) in [7, 11) is -3.55. The summed E-state index contributed by atoms with van der Waals surface area (Å²) < 4.78 is 32.2. The molecule has 0 saturated carbocycles. The van der Waals surface area contributed by atoms with Gasteiger partial charge in [-0.05, 0) is 77.9 Å². The Hall–Kier alpha value is -2.30. The molecule has 1 fully saturated rings. The van der Waals surface area contributed by atoms with E-state index in [2.05, 4.69) is 25.1 Å². The maximum Gasteiger partial charge on any atom is 0.241 e. The lowest BCUT2D eigenvalue weighted by Crippen LogP contribution is -2.45. The van der Waals surface area contributed by atoms with E-state index in [1.165, 1.54) is 12.1 Å². The van der Waals surface area contributed by atoms with Gasteiger partial charge in [-0.2, -0.15) is 4.98 Å².